The first-order valence-electron chi connectivity index (χ1n) is 4.59. The van der Waals surface area contributed by atoms with Gasteiger partial charge in [0.2, 0.25) is 0 Å². The second kappa shape index (κ2) is 5.16. The van der Waals surface area contributed by atoms with Crippen molar-refractivity contribution in [2.75, 3.05) is 6.67 Å². The molecule has 0 aromatic heterocycles. The molecular formula is C10H11F4NO. The lowest BCUT2D eigenvalue weighted by atomic mass is 10.1. The molecule has 6 heteroatoms. The lowest BCUT2D eigenvalue weighted by molar-refractivity contribution is -0.274. The second-order valence-electron chi connectivity index (χ2n) is 3.20. The standard InChI is InChI=1S/C10H11F4NO/c11-5-4-9(15)7-2-1-3-8(6-7)16-10(12,13)14/h1-3,6,9H,4-5,15H2/t9-/m0/s1. The predicted molar refractivity (Wildman–Crippen MR) is 50.6 cm³/mol. The molecule has 0 aliphatic carbocycles. The average Bonchev–Trinajstić information content (AvgIpc) is 2.16. The Balaban J connectivity index is 2.78. The van der Waals surface area contributed by atoms with E-state index >= 15 is 0 Å². The van der Waals surface area contributed by atoms with Crippen LogP contribution in [0.25, 0.3) is 0 Å². The first kappa shape index (κ1) is 12.8. The summed E-state index contributed by atoms with van der Waals surface area (Å²) in [5, 5.41) is 0. The zero-order valence-corrected chi connectivity index (χ0v) is 8.30. The van der Waals surface area contributed by atoms with Crippen LogP contribution in [0.2, 0.25) is 0 Å². The number of rotatable bonds is 4. The van der Waals surface area contributed by atoms with Crippen LogP contribution in [-0.4, -0.2) is 13.0 Å². The first-order valence-corrected chi connectivity index (χ1v) is 4.59. The van der Waals surface area contributed by atoms with Crippen LogP contribution in [0.4, 0.5) is 17.6 Å². The number of ether oxygens (including phenoxy) is 1. The van der Waals surface area contributed by atoms with E-state index in [1.54, 1.807) is 0 Å². The zero-order chi connectivity index (χ0) is 12.2. The third kappa shape index (κ3) is 4.06. The molecule has 0 aliphatic rings. The van der Waals surface area contributed by atoms with Crippen molar-refractivity contribution < 1.29 is 22.3 Å². The smallest absolute Gasteiger partial charge is 0.406 e. The largest absolute Gasteiger partial charge is 0.573 e. The summed E-state index contributed by atoms with van der Waals surface area (Å²) >= 11 is 0. The summed E-state index contributed by atoms with van der Waals surface area (Å²) in [5.41, 5.74) is 5.98. The van der Waals surface area contributed by atoms with Crippen LogP contribution < -0.4 is 10.5 Å². The SMILES string of the molecule is N[C@@H](CCF)c1cccc(OC(F)(F)F)c1. The first-order chi connectivity index (χ1) is 7.42. The highest BCUT2D eigenvalue weighted by molar-refractivity contribution is 5.30. The van der Waals surface area contributed by atoms with Gasteiger partial charge in [0.15, 0.2) is 0 Å². The third-order valence-corrected chi connectivity index (χ3v) is 1.94. The average molecular weight is 237 g/mol. The van der Waals surface area contributed by atoms with Gasteiger partial charge in [0.05, 0.1) is 6.67 Å². The van der Waals surface area contributed by atoms with Gasteiger partial charge in [-0.2, -0.15) is 0 Å². The Bertz CT molecular complexity index is 340. The number of hydrogen-bond donors (Lipinski definition) is 1. The monoisotopic (exact) mass is 237 g/mol. The van der Waals surface area contributed by atoms with Gasteiger partial charge in [-0.1, -0.05) is 12.1 Å². The van der Waals surface area contributed by atoms with Crippen LogP contribution in [-0.2, 0) is 0 Å². The third-order valence-electron chi connectivity index (χ3n) is 1.94. The van der Waals surface area contributed by atoms with Gasteiger partial charge in [0.1, 0.15) is 5.75 Å². The van der Waals surface area contributed by atoms with Crippen LogP contribution in [0.3, 0.4) is 0 Å². The molecule has 16 heavy (non-hydrogen) atoms. The number of alkyl halides is 4. The molecule has 2 nitrogen and oxygen atoms in total. The Morgan fingerprint density at radius 3 is 2.56 bits per heavy atom. The van der Waals surface area contributed by atoms with Crippen LogP contribution in [0, 0.1) is 0 Å². The van der Waals surface area contributed by atoms with E-state index in [-0.39, 0.29) is 12.2 Å². The van der Waals surface area contributed by atoms with E-state index in [0.29, 0.717) is 5.56 Å². The highest BCUT2D eigenvalue weighted by Crippen LogP contribution is 2.25. The number of nitrogens with two attached hydrogens (primary N) is 1. The summed E-state index contributed by atoms with van der Waals surface area (Å²) in [6, 6.07) is 4.62. The second-order valence-corrected chi connectivity index (χ2v) is 3.20. The van der Waals surface area contributed by atoms with Gasteiger partial charge in [-0.15, -0.1) is 13.2 Å². The van der Waals surface area contributed by atoms with Crippen molar-refractivity contribution in [2.45, 2.75) is 18.8 Å². The normalized spacial score (nSPS) is 13.6. The minimum Gasteiger partial charge on any atom is -0.406 e. The maximum Gasteiger partial charge on any atom is 0.573 e. The van der Waals surface area contributed by atoms with Gasteiger partial charge in [0.25, 0.3) is 0 Å². The molecule has 0 spiro atoms. The van der Waals surface area contributed by atoms with Crippen LogP contribution >= 0.6 is 0 Å². The van der Waals surface area contributed by atoms with E-state index in [4.69, 9.17) is 5.73 Å². The molecule has 0 saturated heterocycles. The van der Waals surface area contributed by atoms with E-state index in [1.165, 1.54) is 18.2 Å². The van der Waals surface area contributed by atoms with Crippen LogP contribution in [0.5, 0.6) is 5.75 Å². The minimum atomic E-state index is -4.73. The highest BCUT2D eigenvalue weighted by Gasteiger charge is 2.31. The summed E-state index contributed by atoms with van der Waals surface area (Å²) in [5.74, 6) is -0.348. The minimum absolute atomic E-state index is 0.0650. The van der Waals surface area contributed by atoms with Crippen LogP contribution in [0.1, 0.15) is 18.0 Å². The Labute approximate surface area is 90.0 Å². The molecule has 0 bridgehead atoms. The number of halogens is 4. The molecule has 0 unspecified atom stereocenters. The van der Waals surface area contributed by atoms with Crippen molar-refractivity contribution in [1.29, 1.82) is 0 Å². The molecule has 0 radical (unpaired) electrons. The molecule has 1 aromatic carbocycles. The van der Waals surface area contributed by atoms with Crippen molar-refractivity contribution in [2.24, 2.45) is 5.73 Å². The summed E-state index contributed by atoms with van der Waals surface area (Å²) < 4.78 is 51.5. The Hall–Kier alpha value is -1.30. The number of benzene rings is 1. The number of hydrogen-bond acceptors (Lipinski definition) is 2. The van der Waals surface area contributed by atoms with Crippen molar-refractivity contribution in [3.05, 3.63) is 29.8 Å². The van der Waals surface area contributed by atoms with Gasteiger partial charge in [-0.25, -0.2) is 0 Å². The molecule has 1 atom stereocenters. The summed E-state index contributed by atoms with van der Waals surface area (Å²) in [4.78, 5) is 0. The molecule has 1 rings (SSSR count). The summed E-state index contributed by atoms with van der Waals surface area (Å²) in [6.45, 7) is -0.620. The molecule has 0 saturated carbocycles. The Morgan fingerprint density at radius 1 is 1.31 bits per heavy atom. The van der Waals surface area contributed by atoms with E-state index in [2.05, 4.69) is 4.74 Å². The molecule has 0 amide bonds. The van der Waals surface area contributed by atoms with Crippen molar-refractivity contribution in [3.8, 4) is 5.75 Å². The van der Waals surface area contributed by atoms with Crippen molar-refractivity contribution in [3.63, 3.8) is 0 Å². The molecule has 0 heterocycles. The molecule has 0 aliphatic heterocycles. The van der Waals surface area contributed by atoms with E-state index in [9.17, 15) is 17.6 Å². The Kier molecular flexibility index (Phi) is 4.12. The highest BCUT2D eigenvalue weighted by atomic mass is 19.4. The van der Waals surface area contributed by atoms with Gasteiger partial charge in [0, 0.05) is 6.04 Å². The lowest BCUT2D eigenvalue weighted by Gasteiger charge is -2.13. The van der Waals surface area contributed by atoms with Crippen molar-refractivity contribution >= 4 is 0 Å². The van der Waals surface area contributed by atoms with Gasteiger partial charge < -0.3 is 10.5 Å². The predicted octanol–water partition coefficient (Wildman–Crippen LogP) is 2.94. The van der Waals surface area contributed by atoms with E-state index < -0.39 is 19.1 Å². The molecule has 90 valence electrons. The quantitative estimate of drug-likeness (QED) is 0.817. The van der Waals surface area contributed by atoms with Crippen molar-refractivity contribution in [1.82, 2.24) is 0 Å². The fourth-order valence-corrected chi connectivity index (χ4v) is 1.23. The van der Waals surface area contributed by atoms with E-state index in [1.807, 2.05) is 0 Å². The molecule has 1 aromatic rings. The summed E-state index contributed by atoms with van der Waals surface area (Å²) in [6.07, 6.45) is -4.67. The van der Waals surface area contributed by atoms with Gasteiger partial charge in [-0.05, 0) is 24.1 Å². The zero-order valence-electron chi connectivity index (χ0n) is 8.30. The fraction of sp³-hybridized carbons (Fsp3) is 0.400. The topological polar surface area (TPSA) is 35.2 Å². The molecular weight excluding hydrogens is 226 g/mol. The fourth-order valence-electron chi connectivity index (χ4n) is 1.23. The maximum atomic E-state index is 12.0. The van der Waals surface area contributed by atoms with Gasteiger partial charge >= 0.3 is 6.36 Å². The van der Waals surface area contributed by atoms with Crippen LogP contribution in [0.15, 0.2) is 24.3 Å². The molecule has 2 N–H and O–H groups in total. The molecule has 0 fully saturated rings. The lowest BCUT2D eigenvalue weighted by Crippen LogP contribution is -2.17. The van der Waals surface area contributed by atoms with E-state index in [0.717, 1.165) is 6.07 Å². The Morgan fingerprint density at radius 2 is 2.00 bits per heavy atom. The summed E-state index contributed by atoms with van der Waals surface area (Å²) in [7, 11) is 0. The maximum absolute atomic E-state index is 12.0. The van der Waals surface area contributed by atoms with Gasteiger partial charge in [-0.3, -0.25) is 4.39 Å².